The van der Waals surface area contributed by atoms with Gasteiger partial charge in [-0.15, -0.1) is 11.3 Å². The van der Waals surface area contributed by atoms with Gasteiger partial charge in [0.2, 0.25) is 0 Å². The average molecular weight is 359 g/mol. The van der Waals surface area contributed by atoms with Gasteiger partial charge in [-0.1, -0.05) is 0 Å². The molecule has 1 aromatic carbocycles. The zero-order valence-corrected chi connectivity index (χ0v) is 14.3. The third kappa shape index (κ3) is 4.33. The van der Waals surface area contributed by atoms with Crippen LogP contribution in [0.15, 0.2) is 24.3 Å². The van der Waals surface area contributed by atoms with Crippen LogP contribution in [0.5, 0.6) is 0 Å². The van der Waals surface area contributed by atoms with E-state index in [-0.39, 0.29) is 16.4 Å². The van der Waals surface area contributed by atoms with Gasteiger partial charge in [0.05, 0.1) is 11.8 Å². The maximum Gasteiger partial charge on any atom is 0.350 e. The van der Waals surface area contributed by atoms with Crippen LogP contribution in [0.2, 0.25) is 0 Å². The highest BCUT2D eigenvalue weighted by Gasteiger charge is 2.23. The van der Waals surface area contributed by atoms with E-state index in [1.54, 1.807) is 25.1 Å². The summed E-state index contributed by atoms with van der Waals surface area (Å²) >= 11 is 1.07. The van der Waals surface area contributed by atoms with Gasteiger partial charge in [0.15, 0.2) is 12.4 Å². The maximum atomic E-state index is 13.0. The Kier molecular flexibility index (Phi) is 5.72. The molecule has 128 valence electrons. The van der Waals surface area contributed by atoms with Crippen molar-refractivity contribution in [3.8, 4) is 16.6 Å². The number of aryl methyl sites for hydroxylation is 1. The Labute approximate surface area is 147 Å². The molecule has 6 nitrogen and oxygen atoms in total. The minimum atomic E-state index is -1.22. The van der Waals surface area contributed by atoms with Crippen molar-refractivity contribution in [2.75, 3.05) is 6.61 Å². The summed E-state index contributed by atoms with van der Waals surface area (Å²) in [6.45, 7) is 2.38. The van der Waals surface area contributed by atoms with Gasteiger partial charge in [-0.25, -0.2) is 14.2 Å². The van der Waals surface area contributed by atoms with E-state index in [9.17, 15) is 14.0 Å². The summed E-state index contributed by atoms with van der Waals surface area (Å²) in [6, 6.07) is 7.40. The quantitative estimate of drug-likeness (QED) is 0.630. The number of thiazole rings is 1. The average Bonchev–Trinajstić information content (AvgIpc) is 2.95. The van der Waals surface area contributed by atoms with Crippen LogP contribution in [0, 0.1) is 35.4 Å². The van der Waals surface area contributed by atoms with E-state index in [1.165, 1.54) is 19.1 Å². The van der Waals surface area contributed by atoms with Gasteiger partial charge in [0, 0.05) is 11.3 Å². The van der Waals surface area contributed by atoms with E-state index in [0.717, 1.165) is 11.3 Å². The summed E-state index contributed by atoms with van der Waals surface area (Å²) < 4.78 is 17.9. The molecule has 0 aliphatic carbocycles. The molecule has 0 radical (unpaired) electrons. The number of nitrogens with zero attached hydrogens (tertiary/aromatic N) is 2. The first kappa shape index (κ1) is 18.4. The SMILES string of the molecule is CC(=N)[C@@H](C#N)C(=O)COC(=O)c1sc(-c2ccc(F)cc2)nc1C. The highest BCUT2D eigenvalue weighted by molar-refractivity contribution is 7.17. The van der Waals surface area contributed by atoms with E-state index in [4.69, 9.17) is 15.4 Å². The van der Waals surface area contributed by atoms with Gasteiger partial charge in [-0.3, -0.25) is 4.79 Å². The number of Topliss-reactive ketones (excluding diaryl/α,β-unsaturated/α-hetero) is 1. The standard InChI is InChI=1S/C17H14FN3O3S/c1-9(20)13(7-19)14(22)8-24-17(23)15-10(2)21-16(25-15)11-3-5-12(18)6-4-11/h3-6,13,20H,8H2,1-2H3/t13-/m1/s1. The van der Waals surface area contributed by atoms with Crippen molar-refractivity contribution in [1.29, 1.82) is 10.7 Å². The molecule has 0 amide bonds. The molecule has 8 heteroatoms. The number of carbonyl (C=O) groups excluding carboxylic acids is 2. The van der Waals surface area contributed by atoms with Gasteiger partial charge in [-0.05, 0) is 38.1 Å². The van der Waals surface area contributed by atoms with Crippen LogP contribution in [0.4, 0.5) is 4.39 Å². The van der Waals surface area contributed by atoms with E-state index in [2.05, 4.69) is 4.98 Å². The summed E-state index contributed by atoms with van der Waals surface area (Å²) in [5, 5.41) is 16.7. The molecule has 25 heavy (non-hydrogen) atoms. The molecule has 0 spiro atoms. The second-order valence-corrected chi connectivity index (χ2v) is 6.23. The summed E-state index contributed by atoms with van der Waals surface area (Å²) in [5.41, 5.74) is 0.992. The minimum Gasteiger partial charge on any atom is -0.453 e. The van der Waals surface area contributed by atoms with Crippen LogP contribution in [0.3, 0.4) is 0 Å². The molecule has 0 aliphatic heterocycles. The highest BCUT2D eigenvalue weighted by atomic mass is 32.1. The van der Waals surface area contributed by atoms with E-state index in [0.29, 0.717) is 16.3 Å². The Morgan fingerprint density at radius 1 is 1.40 bits per heavy atom. The van der Waals surface area contributed by atoms with Crippen molar-refractivity contribution < 1.29 is 18.7 Å². The summed E-state index contributed by atoms with van der Waals surface area (Å²) in [5.74, 6) is -2.96. The third-order valence-corrected chi connectivity index (χ3v) is 4.49. The Morgan fingerprint density at radius 2 is 2.04 bits per heavy atom. The van der Waals surface area contributed by atoms with Gasteiger partial charge in [0.1, 0.15) is 21.6 Å². The number of benzene rings is 1. The summed E-state index contributed by atoms with van der Waals surface area (Å²) in [6.07, 6.45) is 0. The summed E-state index contributed by atoms with van der Waals surface area (Å²) in [7, 11) is 0. The predicted molar refractivity (Wildman–Crippen MR) is 90.0 cm³/mol. The fourth-order valence-corrected chi connectivity index (χ4v) is 2.96. The van der Waals surface area contributed by atoms with Gasteiger partial charge >= 0.3 is 5.97 Å². The molecular formula is C17H14FN3O3S. The lowest BCUT2D eigenvalue weighted by Gasteiger charge is -2.06. The maximum absolute atomic E-state index is 13.0. The van der Waals surface area contributed by atoms with Crippen LogP contribution in [-0.4, -0.2) is 29.1 Å². The Morgan fingerprint density at radius 3 is 2.60 bits per heavy atom. The largest absolute Gasteiger partial charge is 0.453 e. The van der Waals surface area contributed by atoms with Crippen LogP contribution < -0.4 is 0 Å². The lowest BCUT2D eigenvalue weighted by molar-refractivity contribution is -0.122. The molecule has 1 atom stereocenters. The molecule has 1 aromatic heterocycles. The number of aromatic nitrogens is 1. The molecule has 0 saturated carbocycles. The number of nitrogens with one attached hydrogen (secondary N) is 1. The zero-order valence-electron chi connectivity index (χ0n) is 13.5. The zero-order chi connectivity index (χ0) is 18.6. The molecule has 0 saturated heterocycles. The van der Waals surface area contributed by atoms with Gasteiger partial charge in [0.25, 0.3) is 0 Å². The summed E-state index contributed by atoms with van der Waals surface area (Å²) in [4.78, 5) is 28.4. The fraction of sp³-hybridized carbons (Fsp3) is 0.235. The molecule has 2 rings (SSSR count). The van der Waals surface area contributed by atoms with Crippen LogP contribution >= 0.6 is 11.3 Å². The molecule has 0 fully saturated rings. The Hall–Kier alpha value is -2.92. The molecule has 1 heterocycles. The number of rotatable bonds is 6. The van der Waals surface area contributed by atoms with Crippen molar-refractivity contribution in [3.63, 3.8) is 0 Å². The van der Waals surface area contributed by atoms with E-state index < -0.39 is 24.3 Å². The Bertz CT molecular complexity index is 868. The van der Waals surface area contributed by atoms with Gasteiger partial charge < -0.3 is 10.1 Å². The molecule has 0 unspecified atom stereocenters. The molecule has 1 N–H and O–H groups in total. The number of ether oxygens (including phenoxy) is 1. The normalized spacial score (nSPS) is 11.4. The molecule has 0 bridgehead atoms. The number of esters is 1. The third-order valence-electron chi connectivity index (χ3n) is 3.30. The lowest BCUT2D eigenvalue weighted by atomic mass is 10.0. The Balaban J connectivity index is 2.10. The van der Waals surface area contributed by atoms with Crippen molar-refractivity contribution >= 4 is 28.8 Å². The predicted octanol–water partition coefficient (Wildman–Crippen LogP) is 3.16. The number of halogens is 1. The number of ketones is 1. The second kappa shape index (κ2) is 7.77. The van der Waals surface area contributed by atoms with Crippen LogP contribution in [-0.2, 0) is 9.53 Å². The molecular weight excluding hydrogens is 345 g/mol. The monoisotopic (exact) mass is 359 g/mol. The number of carbonyl (C=O) groups is 2. The number of hydrogen-bond donors (Lipinski definition) is 1. The van der Waals surface area contributed by atoms with Gasteiger partial charge in [-0.2, -0.15) is 5.26 Å². The molecule has 0 aliphatic rings. The first-order valence-corrected chi connectivity index (χ1v) is 8.03. The highest BCUT2D eigenvalue weighted by Crippen LogP contribution is 2.28. The number of hydrogen-bond acceptors (Lipinski definition) is 7. The van der Waals surface area contributed by atoms with Crippen LogP contribution in [0.1, 0.15) is 22.3 Å². The number of nitriles is 1. The first-order valence-electron chi connectivity index (χ1n) is 7.21. The van der Waals surface area contributed by atoms with Crippen molar-refractivity contribution in [3.05, 3.63) is 40.7 Å². The lowest BCUT2D eigenvalue weighted by Crippen LogP contribution is -2.25. The second-order valence-electron chi connectivity index (χ2n) is 5.23. The molecule has 2 aromatic rings. The van der Waals surface area contributed by atoms with E-state index >= 15 is 0 Å². The first-order chi connectivity index (χ1) is 11.8. The minimum absolute atomic E-state index is 0.101. The topological polar surface area (TPSA) is 104 Å². The van der Waals surface area contributed by atoms with Crippen molar-refractivity contribution in [2.24, 2.45) is 5.92 Å². The van der Waals surface area contributed by atoms with Crippen LogP contribution in [0.25, 0.3) is 10.6 Å². The fourth-order valence-electron chi connectivity index (χ4n) is 2.00. The smallest absolute Gasteiger partial charge is 0.350 e. The van der Waals surface area contributed by atoms with E-state index in [1.807, 2.05) is 0 Å². The van der Waals surface area contributed by atoms with Crippen molar-refractivity contribution in [1.82, 2.24) is 4.98 Å². The van der Waals surface area contributed by atoms with Crippen molar-refractivity contribution in [2.45, 2.75) is 13.8 Å².